The number of thiophene rings is 1. The number of rotatable bonds is 6. The molecule has 0 unspecified atom stereocenters. The predicted octanol–water partition coefficient (Wildman–Crippen LogP) is 14.4. The van der Waals surface area contributed by atoms with Crippen LogP contribution in [0.15, 0.2) is 212 Å². The summed E-state index contributed by atoms with van der Waals surface area (Å²) in [5, 5.41) is 4.81. The minimum atomic E-state index is -0.415. The molecule has 60 heavy (non-hydrogen) atoms. The van der Waals surface area contributed by atoms with Crippen molar-refractivity contribution >= 4 is 42.3 Å². The van der Waals surface area contributed by atoms with E-state index in [2.05, 4.69) is 152 Å². The first kappa shape index (κ1) is 34.5. The molecule has 0 saturated carbocycles. The Kier molecular flexibility index (Phi) is 7.94. The van der Waals surface area contributed by atoms with Crippen LogP contribution < -0.4 is 0 Å². The van der Waals surface area contributed by atoms with Crippen molar-refractivity contribution in [2.24, 2.45) is 0 Å². The molecule has 1 aliphatic carbocycles. The molecule has 0 bridgehead atoms. The summed E-state index contributed by atoms with van der Waals surface area (Å²) < 4.78 is 2.57. The quantitative estimate of drug-likeness (QED) is 0.169. The summed E-state index contributed by atoms with van der Waals surface area (Å²) in [6.45, 7) is 0. The Labute approximate surface area is 352 Å². The Morgan fingerprint density at radius 1 is 0.317 bits per heavy atom. The minimum Gasteiger partial charge on any atom is -0.208 e. The molecule has 1 aliphatic rings. The average molecular weight is 782 g/mol. The molecule has 4 heteroatoms. The SMILES string of the molecule is c1ccc(-c2nc(-c3ccccc3)nc(-c3cccc4cc(-c5ccc6c(c5)sc5cc(C7(c8ccccc8)c8ccccc8-c8ccccc87)ccc56)ccc34)n2)cc1. The number of aromatic nitrogens is 3. The van der Waals surface area contributed by atoms with E-state index in [0.717, 1.165) is 27.5 Å². The van der Waals surface area contributed by atoms with E-state index in [9.17, 15) is 0 Å². The molecule has 0 atom stereocenters. The van der Waals surface area contributed by atoms with Gasteiger partial charge in [-0.1, -0.05) is 194 Å². The van der Waals surface area contributed by atoms with Gasteiger partial charge < -0.3 is 0 Å². The number of hydrogen-bond acceptors (Lipinski definition) is 4. The van der Waals surface area contributed by atoms with Crippen LogP contribution in [-0.2, 0) is 5.41 Å². The van der Waals surface area contributed by atoms with Crippen LogP contribution in [0, 0.1) is 0 Å². The Morgan fingerprint density at radius 3 is 1.47 bits per heavy atom. The van der Waals surface area contributed by atoms with E-state index < -0.39 is 5.41 Å². The zero-order valence-electron chi connectivity index (χ0n) is 32.5. The number of nitrogens with zero attached hydrogens (tertiary/aromatic N) is 3. The van der Waals surface area contributed by atoms with Gasteiger partial charge in [-0.05, 0) is 73.5 Å². The van der Waals surface area contributed by atoms with E-state index in [4.69, 9.17) is 15.0 Å². The molecule has 2 heterocycles. The number of fused-ring (bicyclic) bond motifs is 7. The van der Waals surface area contributed by atoms with Crippen LogP contribution in [0.3, 0.4) is 0 Å². The molecule has 0 amide bonds. The Morgan fingerprint density at radius 2 is 0.817 bits per heavy atom. The van der Waals surface area contributed by atoms with Crippen molar-refractivity contribution in [1.29, 1.82) is 0 Å². The zero-order chi connectivity index (χ0) is 39.6. The molecule has 280 valence electrons. The van der Waals surface area contributed by atoms with Crippen molar-refractivity contribution in [2.45, 2.75) is 5.41 Å². The molecular weight excluding hydrogens is 747 g/mol. The van der Waals surface area contributed by atoms with Gasteiger partial charge in [0.15, 0.2) is 17.5 Å². The fourth-order valence-electron chi connectivity index (χ4n) is 9.49. The van der Waals surface area contributed by atoms with E-state index in [1.165, 1.54) is 64.7 Å². The van der Waals surface area contributed by atoms with Crippen molar-refractivity contribution in [3.8, 4) is 56.4 Å². The molecule has 0 spiro atoms. The maximum absolute atomic E-state index is 5.04. The van der Waals surface area contributed by atoms with E-state index in [1.807, 2.05) is 72.0 Å². The normalized spacial score (nSPS) is 12.8. The summed E-state index contributed by atoms with van der Waals surface area (Å²) in [6, 6.07) is 76.5. The minimum absolute atomic E-state index is 0.415. The molecule has 0 N–H and O–H groups in total. The van der Waals surface area contributed by atoms with Crippen LogP contribution in [-0.4, -0.2) is 15.0 Å². The zero-order valence-corrected chi connectivity index (χ0v) is 33.3. The number of hydrogen-bond donors (Lipinski definition) is 0. The van der Waals surface area contributed by atoms with Crippen molar-refractivity contribution in [3.05, 3.63) is 235 Å². The summed E-state index contributed by atoms with van der Waals surface area (Å²) in [6.07, 6.45) is 0. The topological polar surface area (TPSA) is 38.7 Å². The summed E-state index contributed by atoms with van der Waals surface area (Å²) in [7, 11) is 0. The van der Waals surface area contributed by atoms with Gasteiger partial charge in [-0.3, -0.25) is 0 Å². The highest BCUT2D eigenvalue weighted by molar-refractivity contribution is 7.25. The highest BCUT2D eigenvalue weighted by Gasteiger charge is 2.46. The second-order valence-corrected chi connectivity index (χ2v) is 16.6. The monoisotopic (exact) mass is 781 g/mol. The maximum Gasteiger partial charge on any atom is 0.164 e. The highest BCUT2D eigenvalue weighted by atomic mass is 32.1. The van der Waals surface area contributed by atoms with Crippen molar-refractivity contribution in [3.63, 3.8) is 0 Å². The summed E-state index contributed by atoms with van der Waals surface area (Å²) >= 11 is 1.88. The molecule has 11 aromatic rings. The summed E-state index contributed by atoms with van der Waals surface area (Å²) in [4.78, 5) is 15.0. The van der Waals surface area contributed by atoms with Gasteiger partial charge in [0.05, 0.1) is 5.41 Å². The third-order valence-corrected chi connectivity index (χ3v) is 13.3. The lowest BCUT2D eigenvalue weighted by atomic mass is 9.67. The van der Waals surface area contributed by atoms with E-state index in [0.29, 0.717) is 17.5 Å². The van der Waals surface area contributed by atoms with Crippen LogP contribution in [0.4, 0.5) is 0 Å². The van der Waals surface area contributed by atoms with E-state index in [1.54, 1.807) is 0 Å². The van der Waals surface area contributed by atoms with Crippen LogP contribution in [0.2, 0.25) is 0 Å². The molecular formula is C56H35N3S. The average Bonchev–Trinajstić information content (AvgIpc) is 3.85. The van der Waals surface area contributed by atoms with Crippen LogP contribution >= 0.6 is 11.3 Å². The van der Waals surface area contributed by atoms with Crippen LogP contribution in [0.25, 0.3) is 87.4 Å². The lowest BCUT2D eigenvalue weighted by molar-refractivity contribution is 0.770. The number of benzene rings is 9. The first-order chi connectivity index (χ1) is 29.7. The Hall–Kier alpha value is -7.53. The first-order valence-corrected chi connectivity index (χ1v) is 21.2. The smallest absolute Gasteiger partial charge is 0.164 e. The van der Waals surface area contributed by atoms with E-state index in [-0.39, 0.29) is 0 Å². The molecule has 2 aromatic heterocycles. The molecule has 0 radical (unpaired) electrons. The van der Waals surface area contributed by atoms with Gasteiger partial charge in [0.1, 0.15) is 0 Å². The Bertz CT molecular complexity index is 3330. The molecule has 0 aliphatic heterocycles. The van der Waals surface area contributed by atoms with E-state index >= 15 is 0 Å². The highest BCUT2D eigenvalue weighted by Crippen LogP contribution is 2.56. The second-order valence-electron chi connectivity index (χ2n) is 15.5. The third-order valence-electron chi connectivity index (χ3n) is 12.2. The lowest BCUT2D eigenvalue weighted by Crippen LogP contribution is -2.28. The fraction of sp³-hybridized carbons (Fsp3) is 0.0179. The standard InChI is InChI=1S/C56H35N3S/c1-4-15-36(16-5-1)53-57-54(37-17-6-2-7-18-37)59-55(58-53)48-24-14-19-40-33-38(27-30-43(40)48)39-28-31-46-47-32-29-42(35-52(47)60-51(46)34-39)56(41-20-8-3-9-21-41)49-25-12-10-22-44(49)45-23-11-13-26-50(45)56/h1-35H. The van der Waals surface area contributed by atoms with Crippen molar-refractivity contribution in [1.82, 2.24) is 15.0 Å². The van der Waals surface area contributed by atoms with Gasteiger partial charge >= 0.3 is 0 Å². The van der Waals surface area contributed by atoms with Crippen molar-refractivity contribution < 1.29 is 0 Å². The predicted molar refractivity (Wildman–Crippen MR) is 249 cm³/mol. The summed E-state index contributed by atoms with van der Waals surface area (Å²) in [5.41, 5.74) is 12.7. The van der Waals surface area contributed by atoms with Gasteiger partial charge in [-0.15, -0.1) is 11.3 Å². The van der Waals surface area contributed by atoms with Crippen LogP contribution in [0.1, 0.15) is 22.3 Å². The molecule has 0 saturated heterocycles. The third kappa shape index (κ3) is 5.38. The van der Waals surface area contributed by atoms with Gasteiger partial charge in [-0.25, -0.2) is 15.0 Å². The second kappa shape index (κ2) is 13.8. The van der Waals surface area contributed by atoms with Gasteiger partial charge in [0, 0.05) is 36.9 Å². The first-order valence-electron chi connectivity index (χ1n) is 20.3. The molecule has 0 fully saturated rings. The van der Waals surface area contributed by atoms with Gasteiger partial charge in [0.25, 0.3) is 0 Å². The lowest BCUT2D eigenvalue weighted by Gasteiger charge is -2.33. The van der Waals surface area contributed by atoms with Gasteiger partial charge in [-0.2, -0.15) is 0 Å². The van der Waals surface area contributed by atoms with Crippen molar-refractivity contribution in [2.75, 3.05) is 0 Å². The van der Waals surface area contributed by atoms with Gasteiger partial charge in [0.2, 0.25) is 0 Å². The fourth-order valence-corrected chi connectivity index (χ4v) is 10.7. The molecule has 9 aromatic carbocycles. The molecule has 12 rings (SSSR count). The Balaban J connectivity index is 0.957. The summed E-state index contributed by atoms with van der Waals surface area (Å²) in [5.74, 6) is 1.97. The maximum atomic E-state index is 5.04. The largest absolute Gasteiger partial charge is 0.208 e. The molecule has 3 nitrogen and oxygen atoms in total. The van der Waals surface area contributed by atoms with Crippen LogP contribution in [0.5, 0.6) is 0 Å².